The Bertz CT molecular complexity index is 154. The zero-order valence-electron chi connectivity index (χ0n) is 6.66. The molecule has 1 N–H and O–H groups in total. The predicted octanol–water partition coefficient (Wildman–Crippen LogP) is 0.470. The summed E-state index contributed by atoms with van der Waals surface area (Å²) in [6.45, 7) is 4.80. The van der Waals surface area contributed by atoms with E-state index in [1.54, 1.807) is 0 Å². The van der Waals surface area contributed by atoms with E-state index in [1.807, 2.05) is 13.8 Å². The van der Waals surface area contributed by atoms with E-state index in [4.69, 9.17) is 14.6 Å². The Balaban J connectivity index is 2.42. The van der Waals surface area contributed by atoms with E-state index < -0.39 is 12.3 Å². The van der Waals surface area contributed by atoms with Crippen LogP contribution in [0.5, 0.6) is 0 Å². The van der Waals surface area contributed by atoms with E-state index >= 15 is 0 Å². The zero-order valence-corrected chi connectivity index (χ0v) is 6.66. The molecule has 0 spiro atoms. The second kappa shape index (κ2) is 2.79. The summed E-state index contributed by atoms with van der Waals surface area (Å²) in [5.74, 6) is -1.06. The van der Waals surface area contributed by atoms with Crippen molar-refractivity contribution in [2.45, 2.75) is 20.1 Å². The largest absolute Gasteiger partial charge is 0.477 e. The molecule has 64 valence electrons. The van der Waals surface area contributed by atoms with Crippen LogP contribution in [-0.4, -0.2) is 30.6 Å². The second-order valence-corrected chi connectivity index (χ2v) is 3.46. The Morgan fingerprint density at radius 3 is 2.27 bits per heavy atom. The average molecular weight is 160 g/mol. The molecule has 4 heteroatoms. The van der Waals surface area contributed by atoms with Crippen LogP contribution in [0.3, 0.4) is 0 Å². The molecule has 0 atom stereocenters. The molecule has 1 rings (SSSR count). The highest BCUT2D eigenvalue weighted by atomic mass is 16.7. The molecule has 1 heterocycles. The number of carboxylic acid groups (broad SMARTS) is 1. The van der Waals surface area contributed by atoms with Gasteiger partial charge in [-0.3, -0.25) is 0 Å². The molecule has 0 aromatic heterocycles. The van der Waals surface area contributed by atoms with E-state index in [0.717, 1.165) is 0 Å². The Hall–Kier alpha value is -0.610. The SMILES string of the molecule is CC1(C)COC(C(=O)O)OC1. The van der Waals surface area contributed by atoms with Crippen molar-refractivity contribution in [3.63, 3.8) is 0 Å². The minimum Gasteiger partial charge on any atom is -0.477 e. The summed E-state index contributed by atoms with van der Waals surface area (Å²) in [5.41, 5.74) is -0.0635. The fourth-order valence-electron chi connectivity index (χ4n) is 0.835. The first kappa shape index (κ1) is 8.49. The van der Waals surface area contributed by atoms with Gasteiger partial charge >= 0.3 is 5.97 Å². The lowest BCUT2D eigenvalue weighted by atomic mass is 9.96. The molecule has 1 saturated heterocycles. The van der Waals surface area contributed by atoms with E-state index in [1.165, 1.54) is 0 Å². The number of hydrogen-bond acceptors (Lipinski definition) is 3. The minimum absolute atomic E-state index is 0.0635. The van der Waals surface area contributed by atoms with E-state index in [9.17, 15) is 4.79 Å². The van der Waals surface area contributed by atoms with Crippen LogP contribution < -0.4 is 0 Å². The maximum atomic E-state index is 10.3. The smallest absolute Gasteiger partial charge is 0.361 e. The molecule has 1 aliphatic rings. The van der Waals surface area contributed by atoms with Gasteiger partial charge < -0.3 is 14.6 Å². The highest BCUT2D eigenvalue weighted by molar-refractivity contribution is 5.70. The van der Waals surface area contributed by atoms with Gasteiger partial charge in [-0.2, -0.15) is 0 Å². The fourth-order valence-corrected chi connectivity index (χ4v) is 0.835. The quantitative estimate of drug-likeness (QED) is 0.605. The third kappa shape index (κ3) is 2.17. The first-order valence-electron chi connectivity index (χ1n) is 3.47. The van der Waals surface area contributed by atoms with E-state index in [0.29, 0.717) is 13.2 Å². The maximum Gasteiger partial charge on any atom is 0.361 e. The van der Waals surface area contributed by atoms with Crippen LogP contribution in [0.25, 0.3) is 0 Å². The topological polar surface area (TPSA) is 55.8 Å². The lowest BCUT2D eigenvalue weighted by molar-refractivity contribution is -0.230. The van der Waals surface area contributed by atoms with Crippen LogP contribution in [0.4, 0.5) is 0 Å². The normalized spacial score (nSPS) is 24.9. The molecule has 0 saturated carbocycles. The second-order valence-electron chi connectivity index (χ2n) is 3.46. The number of ether oxygens (including phenoxy) is 2. The van der Waals surface area contributed by atoms with Crippen molar-refractivity contribution < 1.29 is 19.4 Å². The summed E-state index contributed by atoms with van der Waals surface area (Å²) in [5, 5.41) is 8.46. The van der Waals surface area contributed by atoms with Crippen molar-refractivity contribution in [3.05, 3.63) is 0 Å². The van der Waals surface area contributed by atoms with Crippen LogP contribution >= 0.6 is 0 Å². The molecule has 1 aliphatic heterocycles. The summed E-state index contributed by atoms with van der Waals surface area (Å²) >= 11 is 0. The van der Waals surface area contributed by atoms with Crippen LogP contribution in [-0.2, 0) is 14.3 Å². The predicted molar refractivity (Wildman–Crippen MR) is 37.1 cm³/mol. The summed E-state index contributed by atoms with van der Waals surface area (Å²) in [6, 6.07) is 0. The van der Waals surface area contributed by atoms with Gasteiger partial charge in [0.15, 0.2) is 0 Å². The zero-order chi connectivity index (χ0) is 8.48. The van der Waals surface area contributed by atoms with Crippen molar-refractivity contribution in [2.24, 2.45) is 5.41 Å². The third-order valence-corrected chi connectivity index (χ3v) is 1.45. The minimum atomic E-state index is -1.07. The summed E-state index contributed by atoms with van der Waals surface area (Å²) < 4.78 is 9.87. The first-order chi connectivity index (χ1) is 5.01. The summed E-state index contributed by atoms with van der Waals surface area (Å²) in [7, 11) is 0. The first-order valence-corrected chi connectivity index (χ1v) is 3.47. The molecule has 0 bridgehead atoms. The molecule has 11 heavy (non-hydrogen) atoms. The monoisotopic (exact) mass is 160 g/mol. The number of aliphatic carboxylic acids is 1. The summed E-state index contributed by atoms with van der Waals surface area (Å²) in [6.07, 6.45) is -1.07. The van der Waals surface area contributed by atoms with Gasteiger partial charge in [0.2, 0.25) is 0 Å². The average Bonchev–Trinajstić information content (AvgIpc) is 1.86. The number of hydrogen-bond donors (Lipinski definition) is 1. The number of rotatable bonds is 1. The van der Waals surface area contributed by atoms with Crippen LogP contribution in [0, 0.1) is 5.41 Å². The fraction of sp³-hybridized carbons (Fsp3) is 0.857. The van der Waals surface area contributed by atoms with Gasteiger partial charge in [-0.15, -0.1) is 0 Å². The van der Waals surface area contributed by atoms with Gasteiger partial charge in [-0.1, -0.05) is 13.8 Å². The summed E-state index contributed by atoms with van der Waals surface area (Å²) in [4.78, 5) is 10.3. The molecule has 0 aromatic rings. The molecular formula is C7H12O4. The van der Waals surface area contributed by atoms with E-state index in [2.05, 4.69) is 0 Å². The highest BCUT2D eigenvalue weighted by Gasteiger charge is 2.31. The number of carbonyl (C=O) groups is 1. The van der Waals surface area contributed by atoms with Crippen LogP contribution in [0.2, 0.25) is 0 Å². The van der Waals surface area contributed by atoms with Crippen molar-refractivity contribution in [1.29, 1.82) is 0 Å². The van der Waals surface area contributed by atoms with Crippen LogP contribution in [0.1, 0.15) is 13.8 Å². The third-order valence-electron chi connectivity index (χ3n) is 1.45. The molecule has 1 fully saturated rings. The Labute approximate surface area is 65.1 Å². The van der Waals surface area contributed by atoms with Gasteiger partial charge in [-0.25, -0.2) is 4.79 Å². The van der Waals surface area contributed by atoms with Gasteiger partial charge in [0.25, 0.3) is 6.29 Å². The highest BCUT2D eigenvalue weighted by Crippen LogP contribution is 2.22. The molecule has 0 amide bonds. The van der Waals surface area contributed by atoms with Gasteiger partial charge in [0.05, 0.1) is 13.2 Å². The van der Waals surface area contributed by atoms with Crippen molar-refractivity contribution in [1.82, 2.24) is 0 Å². The molecule has 0 unspecified atom stereocenters. The van der Waals surface area contributed by atoms with Crippen molar-refractivity contribution in [3.8, 4) is 0 Å². The van der Waals surface area contributed by atoms with Crippen LogP contribution in [0.15, 0.2) is 0 Å². The Morgan fingerprint density at radius 2 is 1.91 bits per heavy atom. The standard InChI is InChI=1S/C7H12O4/c1-7(2)3-10-6(5(8)9)11-4-7/h6H,3-4H2,1-2H3,(H,8,9). The molecule has 0 aliphatic carbocycles. The lowest BCUT2D eigenvalue weighted by Crippen LogP contribution is -2.41. The van der Waals surface area contributed by atoms with E-state index in [-0.39, 0.29) is 5.41 Å². The molecule has 0 aromatic carbocycles. The Morgan fingerprint density at radius 1 is 1.45 bits per heavy atom. The lowest BCUT2D eigenvalue weighted by Gasteiger charge is -2.32. The number of carboxylic acids is 1. The van der Waals surface area contributed by atoms with Crippen molar-refractivity contribution >= 4 is 5.97 Å². The molecule has 0 radical (unpaired) electrons. The van der Waals surface area contributed by atoms with Crippen molar-refractivity contribution in [2.75, 3.05) is 13.2 Å². The van der Waals surface area contributed by atoms with Gasteiger partial charge in [0, 0.05) is 5.41 Å². The van der Waals surface area contributed by atoms with Gasteiger partial charge in [-0.05, 0) is 0 Å². The van der Waals surface area contributed by atoms with Gasteiger partial charge in [0.1, 0.15) is 0 Å². The molecular weight excluding hydrogens is 148 g/mol. The Kier molecular flexibility index (Phi) is 2.15. The molecule has 4 nitrogen and oxygen atoms in total. The maximum absolute atomic E-state index is 10.3.